The van der Waals surface area contributed by atoms with Gasteiger partial charge in [0.25, 0.3) is 0 Å². The Morgan fingerprint density at radius 1 is 1.80 bits per heavy atom. The Bertz CT molecular complexity index is 32.6. The van der Waals surface area contributed by atoms with E-state index >= 15 is 0 Å². The molecule has 0 aromatic carbocycles. The first-order valence-electron chi connectivity index (χ1n) is 0.534. The third-order valence-corrected chi connectivity index (χ3v) is 0. The van der Waals surface area contributed by atoms with Gasteiger partial charge in [0, 0.05) is 20.4 Å². The molecule has 0 amide bonds. The van der Waals surface area contributed by atoms with Gasteiger partial charge in [-0.3, -0.25) is 0 Å². The fourth-order valence-electron chi connectivity index (χ4n) is 0. The third kappa shape index (κ3) is 194. The average molecular weight is 188 g/mol. The second-order valence-corrected chi connectivity index (χ2v) is 0.489. The smallest absolute Gasteiger partial charge is 0.243 e. The van der Waals surface area contributed by atoms with E-state index in [1.54, 1.807) is 0 Å². The summed E-state index contributed by atoms with van der Waals surface area (Å²) in [6.45, 7) is 0. The second-order valence-electron chi connectivity index (χ2n) is 0.213. The fraction of sp³-hybridized carbons (Fsp3) is 0. The van der Waals surface area contributed by atoms with Crippen molar-refractivity contribution in [1.82, 2.24) is 0 Å². The van der Waals surface area contributed by atoms with Crippen LogP contribution in [-0.2, 0) is 20.4 Å². The predicted molar refractivity (Wildman–Crippen MR) is 12.8 cm³/mol. The third-order valence-electron chi connectivity index (χ3n) is 0. The summed E-state index contributed by atoms with van der Waals surface area (Å²) in [6, 6.07) is 0. The number of rotatable bonds is 0. The molecule has 0 N–H and O–H groups in total. The van der Waals surface area contributed by atoms with Crippen molar-refractivity contribution in [3.63, 3.8) is 0 Å². The van der Waals surface area contributed by atoms with Gasteiger partial charge in [-0.25, -0.2) is 10.1 Å². The summed E-state index contributed by atoms with van der Waals surface area (Å²) >= 11 is 4.00. The normalized spacial score (nSPS) is 5.00. The van der Waals surface area contributed by atoms with Crippen LogP contribution in [0, 0.1) is 10.1 Å². The molecule has 0 atom stereocenters. The molecule has 0 radical (unpaired) electrons. The molecule has 0 aliphatic carbocycles. The Balaban J connectivity index is 0. The van der Waals surface area contributed by atoms with E-state index in [-0.39, 0.29) is 20.4 Å². The maximum Gasteiger partial charge on any atom is 0.333 e. The molecule has 0 heterocycles. The zero-order valence-electron chi connectivity index (χ0n) is 1.96. The average Bonchev–Trinajstić information content (AvgIpc) is 0.811. The fourth-order valence-corrected chi connectivity index (χ4v) is 0. The van der Waals surface area contributed by atoms with E-state index in [0.29, 0.717) is 0 Å². The van der Waals surface area contributed by atoms with Gasteiger partial charge in [-0.05, 0) is 0 Å². The van der Waals surface area contributed by atoms with Crippen LogP contribution >= 0.6 is 11.8 Å². The minimum absolute atomic E-state index is 0. The predicted octanol–water partition coefficient (Wildman–Crippen LogP) is 0.414. The molecule has 0 rings (SSSR count). The monoisotopic (exact) mass is 187 g/mol. The number of halogens is 1. The zero-order valence-corrected chi connectivity index (χ0v) is 4.27. The van der Waals surface area contributed by atoms with Crippen LogP contribution in [0.3, 0.4) is 0 Å². The molecule has 0 spiro atoms. The Morgan fingerprint density at radius 2 is 1.80 bits per heavy atom. The van der Waals surface area contributed by atoms with Crippen molar-refractivity contribution in [2.45, 2.75) is 0 Å². The van der Waals surface area contributed by atoms with E-state index in [9.17, 15) is 0 Å². The Labute approximate surface area is 47.2 Å². The van der Waals surface area contributed by atoms with Crippen LogP contribution in [-0.4, -0.2) is 4.44 Å². The summed E-state index contributed by atoms with van der Waals surface area (Å²) in [5, 5.41) is 8.57. The first-order chi connectivity index (χ1) is 1.73. The molecule has 0 aromatic rings. The quantitative estimate of drug-likeness (QED) is 0.239. The van der Waals surface area contributed by atoms with Gasteiger partial charge in [0.05, 0.1) is 0 Å². The van der Waals surface area contributed by atoms with Crippen LogP contribution in [0.5, 0.6) is 0 Å². The maximum absolute atomic E-state index is 8.57. The molecule has 0 saturated heterocycles. The van der Waals surface area contributed by atoms with Gasteiger partial charge in [-0.1, -0.05) is 0 Å². The molecule has 0 bridgehead atoms. The Kier molecular flexibility index (Phi) is 7.85. The molecular formula is ClNO2Pd. The van der Waals surface area contributed by atoms with E-state index in [0.717, 1.165) is 0 Å². The molecule has 0 aliphatic heterocycles. The van der Waals surface area contributed by atoms with Crippen molar-refractivity contribution in [3.05, 3.63) is 10.1 Å². The van der Waals surface area contributed by atoms with Gasteiger partial charge < -0.3 is 0 Å². The van der Waals surface area contributed by atoms with Crippen molar-refractivity contribution in [2.24, 2.45) is 0 Å². The van der Waals surface area contributed by atoms with E-state index in [4.69, 9.17) is 10.1 Å². The summed E-state index contributed by atoms with van der Waals surface area (Å²) in [5.41, 5.74) is 0. The van der Waals surface area contributed by atoms with E-state index in [1.165, 1.54) is 0 Å². The summed E-state index contributed by atoms with van der Waals surface area (Å²) in [5.74, 6) is 0. The van der Waals surface area contributed by atoms with Crippen LogP contribution in [0.1, 0.15) is 0 Å². The molecular weight excluding hydrogens is 188 g/mol. The van der Waals surface area contributed by atoms with Crippen molar-refractivity contribution in [1.29, 1.82) is 0 Å². The number of nitro groups is 1. The summed E-state index contributed by atoms with van der Waals surface area (Å²) < 4.78 is -1.03. The maximum atomic E-state index is 8.57. The van der Waals surface area contributed by atoms with Crippen molar-refractivity contribution in [3.8, 4) is 0 Å². The van der Waals surface area contributed by atoms with Gasteiger partial charge in [-0.15, -0.1) is 0 Å². The minimum Gasteiger partial charge on any atom is -0.243 e. The second kappa shape index (κ2) is 4.35. The Hall–Kier alpha value is 0.352. The molecule has 0 unspecified atom stereocenters. The van der Waals surface area contributed by atoms with E-state index < -0.39 is 4.44 Å². The van der Waals surface area contributed by atoms with Gasteiger partial charge in [-0.2, -0.15) is 0 Å². The van der Waals surface area contributed by atoms with Crippen molar-refractivity contribution >= 4 is 11.8 Å². The molecule has 0 saturated carbocycles. The summed E-state index contributed by atoms with van der Waals surface area (Å²) in [6.07, 6.45) is 0. The molecule has 5 heavy (non-hydrogen) atoms. The molecule has 34 valence electrons. The van der Waals surface area contributed by atoms with E-state index in [1.807, 2.05) is 0 Å². The topological polar surface area (TPSA) is 43.1 Å². The van der Waals surface area contributed by atoms with Gasteiger partial charge >= 0.3 is 11.8 Å². The van der Waals surface area contributed by atoms with Gasteiger partial charge in [0.1, 0.15) is 0 Å². The largest absolute Gasteiger partial charge is 0.333 e. The standard InChI is InChI=1S/ClNO2.Pd/c1-2(3)4;. The number of hydrogen-bond acceptors (Lipinski definition) is 2. The SMILES string of the molecule is O=[N+]([O-])Cl.[Pd]. The van der Waals surface area contributed by atoms with Crippen LogP contribution in [0.4, 0.5) is 0 Å². The first kappa shape index (κ1) is 9.02. The van der Waals surface area contributed by atoms with Crippen LogP contribution in [0.25, 0.3) is 0 Å². The molecule has 0 aromatic heterocycles. The van der Waals surface area contributed by atoms with Crippen molar-refractivity contribution in [2.75, 3.05) is 0 Å². The van der Waals surface area contributed by atoms with Crippen LogP contribution in [0.15, 0.2) is 0 Å². The van der Waals surface area contributed by atoms with Crippen LogP contribution < -0.4 is 0 Å². The first-order valence-corrected chi connectivity index (χ1v) is 0.872. The zero-order chi connectivity index (χ0) is 3.58. The van der Waals surface area contributed by atoms with Crippen LogP contribution in [0.2, 0.25) is 0 Å². The van der Waals surface area contributed by atoms with Crippen molar-refractivity contribution < 1.29 is 24.9 Å². The Morgan fingerprint density at radius 3 is 1.80 bits per heavy atom. The summed E-state index contributed by atoms with van der Waals surface area (Å²) in [7, 11) is 0. The number of hydrogen-bond donors (Lipinski definition) is 0. The molecule has 5 heteroatoms. The summed E-state index contributed by atoms with van der Waals surface area (Å²) in [4.78, 5) is 8.57. The minimum atomic E-state index is -1.03. The molecule has 0 aliphatic rings. The van der Waals surface area contributed by atoms with E-state index in [2.05, 4.69) is 11.8 Å². The number of nitrogens with zero attached hydrogens (tertiary/aromatic N) is 1. The van der Waals surface area contributed by atoms with Gasteiger partial charge in [0.15, 0.2) is 4.44 Å². The van der Waals surface area contributed by atoms with Gasteiger partial charge in [0.2, 0.25) is 0 Å². The molecule has 0 fully saturated rings. The molecule has 3 nitrogen and oxygen atoms in total.